The quantitative estimate of drug-likeness (QED) is 0.715. The van der Waals surface area contributed by atoms with E-state index in [4.69, 9.17) is 22.3 Å². The zero-order valence-electron chi connectivity index (χ0n) is 5.70. The summed E-state index contributed by atoms with van der Waals surface area (Å²) in [7, 11) is 1.36. The summed E-state index contributed by atoms with van der Waals surface area (Å²) in [5.74, 6) is 0. The minimum atomic E-state index is -3.69. The van der Waals surface area contributed by atoms with Crippen LogP contribution in [0.1, 0.15) is 0 Å². The molecule has 0 saturated carbocycles. The smallest absolute Gasteiger partial charge is 0.207 e. The second kappa shape index (κ2) is 4.33. The van der Waals surface area contributed by atoms with Gasteiger partial charge in [-0.05, 0) is 12.1 Å². The number of halogens is 3. The van der Waals surface area contributed by atoms with Crippen LogP contribution in [0.2, 0.25) is 5.02 Å². The van der Waals surface area contributed by atoms with Crippen LogP contribution in [0.5, 0.6) is 0 Å². The van der Waals surface area contributed by atoms with Gasteiger partial charge < -0.3 is 0 Å². The van der Waals surface area contributed by atoms with Crippen molar-refractivity contribution in [2.24, 2.45) is 0 Å². The van der Waals surface area contributed by atoms with Crippen molar-refractivity contribution < 1.29 is 8.42 Å². The topological polar surface area (TPSA) is 34.1 Å². The van der Waals surface area contributed by atoms with Crippen molar-refractivity contribution in [3.8, 4) is 0 Å². The maximum absolute atomic E-state index is 10.7. The summed E-state index contributed by atoms with van der Waals surface area (Å²) in [5.41, 5.74) is 0. The van der Waals surface area contributed by atoms with Gasteiger partial charge in [0.1, 0.15) is 4.90 Å². The van der Waals surface area contributed by atoms with E-state index in [2.05, 4.69) is 0 Å². The van der Waals surface area contributed by atoms with Gasteiger partial charge in [-0.1, -0.05) is 23.7 Å². The van der Waals surface area contributed by atoms with Crippen LogP contribution in [0.25, 0.3) is 0 Å². The van der Waals surface area contributed by atoms with Crippen LogP contribution in [-0.2, 0) is 9.05 Å². The van der Waals surface area contributed by atoms with Crippen LogP contribution in [-0.4, -0.2) is 8.42 Å². The second-order valence-corrected chi connectivity index (χ2v) is 4.81. The highest BCUT2D eigenvalue weighted by molar-refractivity contribution is 8.13. The Kier molecular flexibility index (Phi) is 4.34. The number of benzene rings is 1. The predicted octanol–water partition coefficient (Wildman–Crippen LogP) is 2.69. The summed E-state index contributed by atoms with van der Waals surface area (Å²) < 4.78 is 21.5. The highest BCUT2D eigenvalue weighted by atomic mass is 35.7. The Balaban J connectivity index is 0.00000121. The molecule has 12 heavy (non-hydrogen) atoms. The molecule has 2 nitrogen and oxygen atoms in total. The van der Waals surface area contributed by atoms with Gasteiger partial charge in [-0.2, -0.15) is 0 Å². The molecule has 0 N–H and O–H groups in total. The molecule has 68 valence electrons. The molecule has 0 aliphatic carbocycles. The molecule has 0 aliphatic heterocycles. The Morgan fingerprint density at radius 1 is 1.17 bits per heavy atom. The van der Waals surface area contributed by atoms with E-state index in [1.807, 2.05) is 0 Å². The molecule has 0 atom stereocenters. The molecule has 6 heteroatoms. The molecule has 0 amide bonds. The summed E-state index contributed by atoms with van der Waals surface area (Å²) in [4.78, 5) is -0.0525. The van der Waals surface area contributed by atoms with Crippen LogP contribution in [0.3, 0.4) is 0 Å². The summed E-state index contributed by atoms with van der Waals surface area (Å²) >= 11 is 5.55. The zero-order valence-corrected chi connectivity index (χ0v) is 8.84. The zero-order chi connectivity index (χ0) is 8.48. The third-order valence-corrected chi connectivity index (χ3v) is 2.92. The van der Waals surface area contributed by atoms with Gasteiger partial charge in [0, 0.05) is 10.7 Å². The average molecular weight is 248 g/mol. The van der Waals surface area contributed by atoms with Crippen LogP contribution in [0.15, 0.2) is 29.2 Å². The third-order valence-electron chi connectivity index (χ3n) is 1.10. The summed E-state index contributed by atoms with van der Waals surface area (Å²) in [6.07, 6.45) is 0. The molecule has 0 unspecified atom stereocenters. The molecule has 1 aromatic rings. The van der Waals surface area contributed by atoms with Crippen LogP contribution >= 0.6 is 34.7 Å². The molecule has 0 saturated heterocycles. The molecular formula is C6H5Cl3O2S. The Morgan fingerprint density at radius 3 is 2.00 bits per heavy atom. The first-order valence-electron chi connectivity index (χ1n) is 2.71. The van der Waals surface area contributed by atoms with Gasteiger partial charge in [0.25, 0.3) is 9.05 Å². The molecule has 0 bridgehead atoms. The van der Waals surface area contributed by atoms with Gasteiger partial charge in [0.2, 0.25) is 0 Å². The number of hydrogen-bond acceptors (Lipinski definition) is 2. The maximum atomic E-state index is 10.7. The summed E-state index contributed by atoms with van der Waals surface area (Å²) in [5, 5.41) is 0.141. The molecule has 0 aliphatic rings. The Hall–Kier alpha value is 0.0400. The van der Waals surface area contributed by atoms with E-state index >= 15 is 0 Å². The molecule has 0 spiro atoms. The minimum absolute atomic E-state index is 0. The summed E-state index contributed by atoms with van der Waals surface area (Å²) in [6.45, 7) is 0. The SMILES string of the molecule is Cl.O=S(=O)(Cl)c1ccccc1Cl. The Labute approximate surface area is 86.3 Å². The summed E-state index contributed by atoms with van der Waals surface area (Å²) in [6, 6.07) is 6.01. The van der Waals surface area contributed by atoms with E-state index in [0.717, 1.165) is 0 Å². The van der Waals surface area contributed by atoms with Crippen molar-refractivity contribution in [1.82, 2.24) is 0 Å². The van der Waals surface area contributed by atoms with E-state index in [1.54, 1.807) is 12.1 Å². The molecule has 1 aromatic carbocycles. The second-order valence-electron chi connectivity index (χ2n) is 1.87. The largest absolute Gasteiger partial charge is 0.262 e. The van der Waals surface area contributed by atoms with Crippen molar-refractivity contribution in [2.75, 3.05) is 0 Å². The standard InChI is InChI=1S/C6H4Cl2O2S.ClH/c7-5-3-1-2-4-6(5)11(8,9)10;/h1-4H;1H. The first kappa shape index (κ1) is 12.0. The first-order chi connectivity index (χ1) is 5.02. The third kappa shape index (κ3) is 2.83. The lowest BCUT2D eigenvalue weighted by molar-refractivity contribution is 0.609. The number of hydrogen-bond donors (Lipinski definition) is 0. The Morgan fingerprint density at radius 2 is 1.67 bits per heavy atom. The molecule has 0 aromatic heterocycles. The first-order valence-corrected chi connectivity index (χ1v) is 5.40. The van der Waals surface area contributed by atoms with Gasteiger partial charge in [0.05, 0.1) is 5.02 Å². The fraction of sp³-hybridized carbons (Fsp3) is 0. The lowest BCUT2D eigenvalue weighted by Gasteiger charge is -1.96. The van der Waals surface area contributed by atoms with E-state index in [0.29, 0.717) is 0 Å². The molecular weight excluding hydrogens is 242 g/mol. The lowest BCUT2D eigenvalue weighted by Crippen LogP contribution is -1.90. The van der Waals surface area contributed by atoms with Crippen molar-refractivity contribution in [2.45, 2.75) is 4.90 Å². The highest BCUT2D eigenvalue weighted by Crippen LogP contribution is 2.23. The Bertz CT molecular complexity index is 361. The molecule has 0 radical (unpaired) electrons. The van der Waals surface area contributed by atoms with E-state index < -0.39 is 9.05 Å². The van der Waals surface area contributed by atoms with Gasteiger partial charge >= 0.3 is 0 Å². The average Bonchev–Trinajstić information content (AvgIpc) is 1.86. The van der Waals surface area contributed by atoms with Crippen molar-refractivity contribution in [1.29, 1.82) is 0 Å². The molecule has 0 heterocycles. The van der Waals surface area contributed by atoms with Crippen LogP contribution in [0.4, 0.5) is 0 Å². The highest BCUT2D eigenvalue weighted by Gasteiger charge is 2.12. The van der Waals surface area contributed by atoms with Gasteiger partial charge in [0.15, 0.2) is 0 Å². The lowest BCUT2D eigenvalue weighted by atomic mass is 10.4. The van der Waals surface area contributed by atoms with E-state index in [1.165, 1.54) is 12.1 Å². The number of rotatable bonds is 1. The van der Waals surface area contributed by atoms with Gasteiger partial charge in [-0.15, -0.1) is 12.4 Å². The van der Waals surface area contributed by atoms with Crippen LogP contribution < -0.4 is 0 Å². The molecule has 1 rings (SSSR count). The normalized spacial score (nSPS) is 10.5. The van der Waals surface area contributed by atoms with Gasteiger partial charge in [-0.3, -0.25) is 0 Å². The molecule has 0 fully saturated rings. The monoisotopic (exact) mass is 246 g/mol. The fourth-order valence-corrected chi connectivity index (χ4v) is 2.15. The van der Waals surface area contributed by atoms with Crippen molar-refractivity contribution >= 4 is 43.7 Å². The van der Waals surface area contributed by atoms with Gasteiger partial charge in [-0.25, -0.2) is 8.42 Å². The minimum Gasteiger partial charge on any atom is -0.207 e. The maximum Gasteiger partial charge on any atom is 0.262 e. The van der Waals surface area contributed by atoms with E-state index in [9.17, 15) is 8.42 Å². The van der Waals surface area contributed by atoms with E-state index in [-0.39, 0.29) is 22.3 Å². The predicted molar refractivity (Wildman–Crippen MR) is 51.7 cm³/mol. The fourth-order valence-electron chi connectivity index (χ4n) is 0.642. The van der Waals surface area contributed by atoms with Crippen LogP contribution in [0, 0.1) is 0 Å². The van der Waals surface area contributed by atoms with Crippen molar-refractivity contribution in [3.05, 3.63) is 29.3 Å². The van der Waals surface area contributed by atoms with Crippen molar-refractivity contribution in [3.63, 3.8) is 0 Å².